The maximum Gasteiger partial charge on any atom is 0.271 e. The lowest BCUT2D eigenvalue weighted by atomic mass is 10.2. The van der Waals surface area contributed by atoms with Crippen LogP contribution in [0.3, 0.4) is 0 Å². The molecule has 4 heteroatoms. The fourth-order valence-electron chi connectivity index (χ4n) is 1.45. The first-order valence-electron chi connectivity index (χ1n) is 5.67. The summed E-state index contributed by atoms with van der Waals surface area (Å²) in [5, 5.41) is 2.82. The summed E-state index contributed by atoms with van der Waals surface area (Å²) in [6, 6.07) is 7.50. The number of hydrogen-bond donors (Lipinski definition) is 1. The molecule has 17 heavy (non-hydrogen) atoms. The highest BCUT2D eigenvalue weighted by molar-refractivity contribution is 5.93. The molecule has 4 nitrogen and oxygen atoms in total. The zero-order chi connectivity index (χ0) is 12.3. The van der Waals surface area contributed by atoms with E-state index in [-0.39, 0.29) is 5.91 Å². The molecule has 1 N–H and O–H groups in total. The van der Waals surface area contributed by atoms with Gasteiger partial charge in [0, 0.05) is 6.54 Å². The van der Waals surface area contributed by atoms with Crippen LogP contribution in [0.2, 0.25) is 0 Å². The third-order valence-corrected chi connectivity index (χ3v) is 2.35. The molecule has 0 saturated heterocycles. The smallest absolute Gasteiger partial charge is 0.271 e. The second-order valence-corrected chi connectivity index (χ2v) is 4.35. The Morgan fingerprint density at radius 3 is 2.71 bits per heavy atom. The Bertz CT molecular complexity index is 537. The van der Waals surface area contributed by atoms with Gasteiger partial charge in [-0.25, -0.2) is 4.98 Å². The van der Waals surface area contributed by atoms with Gasteiger partial charge >= 0.3 is 0 Å². The molecule has 0 spiro atoms. The van der Waals surface area contributed by atoms with Crippen LogP contribution in [0.5, 0.6) is 0 Å². The normalized spacial score (nSPS) is 10.8. The standard InChI is InChI=1S/C13H15N3O/c1-9(2)7-15-13(17)12-8-14-10-5-3-4-6-11(10)16-12/h3-6,8-9H,7H2,1-2H3,(H,15,17). The summed E-state index contributed by atoms with van der Waals surface area (Å²) in [6.45, 7) is 4.74. The third-order valence-electron chi connectivity index (χ3n) is 2.35. The molecule has 0 aliphatic carbocycles. The van der Waals surface area contributed by atoms with E-state index in [1.807, 2.05) is 38.1 Å². The summed E-state index contributed by atoms with van der Waals surface area (Å²) in [5.74, 6) is 0.254. The van der Waals surface area contributed by atoms with Gasteiger partial charge in [-0.15, -0.1) is 0 Å². The Kier molecular flexibility index (Phi) is 3.32. The molecule has 0 atom stereocenters. The van der Waals surface area contributed by atoms with Crippen LogP contribution < -0.4 is 5.32 Å². The Morgan fingerprint density at radius 1 is 1.29 bits per heavy atom. The molecule has 0 unspecified atom stereocenters. The highest BCUT2D eigenvalue weighted by Crippen LogP contribution is 2.08. The number of hydrogen-bond acceptors (Lipinski definition) is 3. The number of carbonyl (C=O) groups excluding carboxylic acids is 1. The van der Waals surface area contributed by atoms with Crippen LogP contribution in [0, 0.1) is 5.92 Å². The van der Waals surface area contributed by atoms with Gasteiger partial charge in [0.15, 0.2) is 0 Å². The minimum Gasteiger partial charge on any atom is -0.350 e. The van der Waals surface area contributed by atoms with Gasteiger partial charge in [0.25, 0.3) is 5.91 Å². The van der Waals surface area contributed by atoms with Gasteiger partial charge in [-0.1, -0.05) is 26.0 Å². The SMILES string of the molecule is CC(C)CNC(=O)c1cnc2ccccc2n1. The van der Waals surface area contributed by atoms with Crippen molar-refractivity contribution < 1.29 is 4.79 Å². The topological polar surface area (TPSA) is 54.9 Å². The average Bonchev–Trinajstić information content (AvgIpc) is 2.35. The summed E-state index contributed by atoms with van der Waals surface area (Å²) in [5.41, 5.74) is 1.90. The van der Waals surface area contributed by atoms with Crippen LogP contribution >= 0.6 is 0 Å². The lowest BCUT2D eigenvalue weighted by Crippen LogP contribution is -2.28. The van der Waals surface area contributed by atoms with Crippen molar-refractivity contribution in [3.05, 3.63) is 36.2 Å². The molecule has 0 aliphatic heterocycles. The number of fused-ring (bicyclic) bond motifs is 1. The molecule has 2 rings (SSSR count). The van der Waals surface area contributed by atoms with Crippen LogP contribution in [0.1, 0.15) is 24.3 Å². The predicted molar refractivity (Wildman–Crippen MR) is 66.7 cm³/mol. The summed E-state index contributed by atoms with van der Waals surface area (Å²) in [7, 11) is 0. The number of aromatic nitrogens is 2. The van der Waals surface area contributed by atoms with Crippen LogP contribution in [-0.2, 0) is 0 Å². The average molecular weight is 229 g/mol. The fourth-order valence-corrected chi connectivity index (χ4v) is 1.45. The van der Waals surface area contributed by atoms with Crippen molar-refractivity contribution in [3.8, 4) is 0 Å². The zero-order valence-corrected chi connectivity index (χ0v) is 9.97. The van der Waals surface area contributed by atoms with E-state index < -0.39 is 0 Å². The quantitative estimate of drug-likeness (QED) is 0.876. The van der Waals surface area contributed by atoms with Crippen molar-refractivity contribution in [3.63, 3.8) is 0 Å². The Labute approximate surface area is 100 Å². The third kappa shape index (κ3) is 2.78. The maximum atomic E-state index is 11.8. The first-order chi connectivity index (χ1) is 8.16. The van der Waals surface area contributed by atoms with E-state index in [9.17, 15) is 4.79 Å². The largest absolute Gasteiger partial charge is 0.350 e. The summed E-state index contributed by atoms with van der Waals surface area (Å²) < 4.78 is 0. The number of para-hydroxylation sites is 2. The molecule has 1 heterocycles. The molecule has 1 aromatic carbocycles. The van der Waals surface area contributed by atoms with Gasteiger partial charge in [-0.3, -0.25) is 9.78 Å². The summed E-state index contributed by atoms with van der Waals surface area (Å²) in [6.07, 6.45) is 1.51. The van der Waals surface area contributed by atoms with Crippen molar-refractivity contribution in [2.75, 3.05) is 6.54 Å². The van der Waals surface area contributed by atoms with E-state index in [0.29, 0.717) is 18.2 Å². The second-order valence-electron chi connectivity index (χ2n) is 4.35. The second kappa shape index (κ2) is 4.91. The molecule has 2 aromatic rings. The zero-order valence-electron chi connectivity index (χ0n) is 9.97. The molecule has 0 bridgehead atoms. The molecule has 88 valence electrons. The van der Waals surface area contributed by atoms with Gasteiger partial charge in [0.1, 0.15) is 5.69 Å². The molecular formula is C13H15N3O. The van der Waals surface area contributed by atoms with Crippen LogP contribution in [0.25, 0.3) is 11.0 Å². The van der Waals surface area contributed by atoms with E-state index in [1.165, 1.54) is 6.20 Å². The monoisotopic (exact) mass is 229 g/mol. The molecule has 0 aliphatic rings. The van der Waals surface area contributed by atoms with E-state index in [0.717, 1.165) is 11.0 Å². The number of carbonyl (C=O) groups is 1. The van der Waals surface area contributed by atoms with E-state index in [2.05, 4.69) is 15.3 Å². The number of benzene rings is 1. The Balaban J connectivity index is 2.21. The van der Waals surface area contributed by atoms with Crippen LogP contribution in [0.15, 0.2) is 30.5 Å². The first-order valence-corrected chi connectivity index (χ1v) is 5.67. The Morgan fingerprint density at radius 2 is 2.00 bits per heavy atom. The van der Waals surface area contributed by atoms with Gasteiger partial charge in [-0.05, 0) is 18.1 Å². The Hall–Kier alpha value is -1.97. The molecule has 0 saturated carbocycles. The number of nitrogens with zero attached hydrogens (tertiary/aromatic N) is 2. The molecule has 0 radical (unpaired) electrons. The van der Waals surface area contributed by atoms with E-state index in [4.69, 9.17) is 0 Å². The highest BCUT2D eigenvalue weighted by Gasteiger charge is 2.08. The van der Waals surface area contributed by atoms with Gasteiger partial charge in [-0.2, -0.15) is 0 Å². The van der Waals surface area contributed by atoms with Gasteiger partial charge in [0.2, 0.25) is 0 Å². The lowest BCUT2D eigenvalue weighted by molar-refractivity contribution is 0.0944. The lowest BCUT2D eigenvalue weighted by Gasteiger charge is -2.07. The van der Waals surface area contributed by atoms with Crippen molar-refractivity contribution in [2.45, 2.75) is 13.8 Å². The fraction of sp³-hybridized carbons (Fsp3) is 0.308. The molecule has 1 aromatic heterocycles. The molecule has 1 amide bonds. The van der Waals surface area contributed by atoms with Crippen LogP contribution in [0.4, 0.5) is 0 Å². The first kappa shape index (κ1) is 11.5. The highest BCUT2D eigenvalue weighted by atomic mass is 16.1. The predicted octanol–water partition coefficient (Wildman–Crippen LogP) is 2.02. The minimum absolute atomic E-state index is 0.169. The van der Waals surface area contributed by atoms with Crippen molar-refractivity contribution in [1.29, 1.82) is 0 Å². The van der Waals surface area contributed by atoms with E-state index >= 15 is 0 Å². The van der Waals surface area contributed by atoms with Gasteiger partial charge < -0.3 is 5.32 Å². The van der Waals surface area contributed by atoms with Crippen molar-refractivity contribution in [1.82, 2.24) is 15.3 Å². The van der Waals surface area contributed by atoms with Crippen molar-refractivity contribution in [2.24, 2.45) is 5.92 Å². The number of amides is 1. The summed E-state index contributed by atoms with van der Waals surface area (Å²) in [4.78, 5) is 20.3. The van der Waals surface area contributed by atoms with E-state index in [1.54, 1.807) is 0 Å². The summed E-state index contributed by atoms with van der Waals surface area (Å²) >= 11 is 0. The van der Waals surface area contributed by atoms with Crippen LogP contribution in [-0.4, -0.2) is 22.4 Å². The van der Waals surface area contributed by atoms with Gasteiger partial charge in [0.05, 0.1) is 17.2 Å². The number of nitrogens with one attached hydrogen (secondary N) is 1. The number of rotatable bonds is 3. The molecular weight excluding hydrogens is 214 g/mol. The maximum absolute atomic E-state index is 11.8. The molecule has 0 fully saturated rings. The van der Waals surface area contributed by atoms with Crippen molar-refractivity contribution >= 4 is 16.9 Å². The minimum atomic E-state index is -0.169.